The Morgan fingerprint density at radius 2 is 1.62 bits per heavy atom. The van der Waals surface area contributed by atoms with E-state index in [1.165, 1.54) is 16.3 Å². The first kappa shape index (κ1) is 23.5. The van der Waals surface area contributed by atoms with E-state index in [-0.39, 0.29) is 17.9 Å². The molecule has 0 fully saturated rings. The summed E-state index contributed by atoms with van der Waals surface area (Å²) in [7, 11) is 0. The first-order valence-corrected chi connectivity index (χ1v) is 11.5. The standard InChI is InChI=1S/C28H34N2O2/c1-5-21(3)29-28(32)22(4)30(19-23-15-13-20(2)14-16-23)27(31)18-17-25-11-8-10-24-9-6-7-12-26(24)25/h6-16,21-22H,5,17-19H2,1-4H3,(H,29,32)/t21-,22+/m1/s1. The molecular formula is C28H34N2O2. The maximum Gasteiger partial charge on any atom is 0.242 e. The van der Waals surface area contributed by atoms with Gasteiger partial charge in [0, 0.05) is 19.0 Å². The van der Waals surface area contributed by atoms with Crippen LogP contribution in [-0.2, 0) is 22.6 Å². The summed E-state index contributed by atoms with van der Waals surface area (Å²) in [6, 6.07) is 22.1. The lowest BCUT2D eigenvalue weighted by atomic mass is 10.0. The van der Waals surface area contributed by atoms with Crippen LogP contribution in [0.25, 0.3) is 10.8 Å². The second-order valence-electron chi connectivity index (χ2n) is 8.64. The van der Waals surface area contributed by atoms with E-state index in [1.54, 1.807) is 4.90 Å². The zero-order valence-electron chi connectivity index (χ0n) is 19.6. The van der Waals surface area contributed by atoms with E-state index in [1.807, 2.05) is 70.2 Å². The molecule has 32 heavy (non-hydrogen) atoms. The molecule has 0 aliphatic carbocycles. The summed E-state index contributed by atoms with van der Waals surface area (Å²) in [5, 5.41) is 5.38. The van der Waals surface area contributed by atoms with Crippen molar-refractivity contribution < 1.29 is 9.59 Å². The van der Waals surface area contributed by atoms with Crippen molar-refractivity contribution in [3.8, 4) is 0 Å². The van der Waals surface area contributed by atoms with Crippen LogP contribution in [0, 0.1) is 6.92 Å². The Balaban J connectivity index is 1.78. The third-order valence-electron chi connectivity index (χ3n) is 6.13. The molecule has 2 atom stereocenters. The van der Waals surface area contributed by atoms with Crippen LogP contribution in [0.3, 0.4) is 0 Å². The first-order valence-electron chi connectivity index (χ1n) is 11.5. The van der Waals surface area contributed by atoms with Crippen LogP contribution in [0.15, 0.2) is 66.7 Å². The van der Waals surface area contributed by atoms with Crippen molar-refractivity contribution in [3.05, 3.63) is 83.4 Å². The Morgan fingerprint density at radius 1 is 0.938 bits per heavy atom. The summed E-state index contributed by atoms with van der Waals surface area (Å²) in [6.07, 6.45) is 1.86. The molecule has 0 spiro atoms. The van der Waals surface area contributed by atoms with Gasteiger partial charge in [0.25, 0.3) is 0 Å². The van der Waals surface area contributed by atoms with E-state index in [0.29, 0.717) is 19.4 Å². The number of carbonyl (C=O) groups excluding carboxylic acids is 2. The minimum atomic E-state index is -0.537. The van der Waals surface area contributed by atoms with Crippen molar-refractivity contribution in [1.29, 1.82) is 0 Å². The molecule has 4 heteroatoms. The zero-order chi connectivity index (χ0) is 23.1. The van der Waals surface area contributed by atoms with Crippen LogP contribution < -0.4 is 5.32 Å². The largest absolute Gasteiger partial charge is 0.352 e. The summed E-state index contributed by atoms with van der Waals surface area (Å²) in [5.74, 6) is -0.115. The van der Waals surface area contributed by atoms with E-state index < -0.39 is 6.04 Å². The molecule has 0 aromatic heterocycles. The van der Waals surface area contributed by atoms with Crippen LogP contribution >= 0.6 is 0 Å². The molecule has 3 aromatic rings. The minimum absolute atomic E-state index is 0.00897. The highest BCUT2D eigenvalue weighted by atomic mass is 16.2. The summed E-state index contributed by atoms with van der Waals surface area (Å²) >= 11 is 0. The normalized spacial score (nSPS) is 12.9. The van der Waals surface area contributed by atoms with Crippen LogP contribution in [-0.4, -0.2) is 28.8 Å². The lowest BCUT2D eigenvalue weighted by molar-refractivity contribution is -0.140. The quantitative estimate of drug-likeness (QED) is 0.493. The van der Waals surface area contributed by atoms with Gasteiger partial charge in [0.2, 0.25) is 11.8 Å². The molecule has 0 saturated heterocycles. The summed E-state index contributed by atoms with van der Waals surface area (Å²) in [6.45, 7) is 8.30. The molecular weight excluding hydrogens is 396 g/mol. The predicted octanol–water partition coefficient (Wildman–Crippen LogP) is 5.41. The van der Waals surface area contributed by atoms with E-state index >= 15 is 0 Å². The molecule has 1 N–H and O–H groups in total. The second-order valence-corrected chi connectivity index (χ2v) is 8.64. The fourth-order valence-electron chi connectivity index (χ4n) is 3.83. The van der Waals surface area contributed by atoms with Gasteiger partial charge in [-0.25, -0.2) is 0 Å². The fourth-order valence-corrected chi connectivity index (χ4v) is 3.83. The lowest BCUT2D eigenvalue weighted by Gasteiger charge is -2.30. The van der Waals surface area contributed by atoms with Crippen molar-refractivity contribution in [2.24, 2.45) is 0 Å². The van der Waals surface area contributed by atoms with E-state index in [0.717, 1.165) is 17.5 Å². The lowest BCUT2D eigenvalue weighted by Crippen LogP contribution is -2.49. The van der Waals surface area contributed by atoms with Gasteiger partial charge in [-0.05, 0) is 55.5 Å². The highest BCUT2D eigenvalue weighted by Crippen LogP contribution is 2.21. The van der Waals surface area contributed by atoms with Gasteiger partial charge < -0.3 is 10.2 Å². The van der Waals surface area contributed by atoms with Gasteiger partial charge in [-0.1, -0.05) is 79.2 Å². The van der Waals surface area contributed by atoms with Crippen LogP contribution in [0.5, 0.6) is 0 Å². The number of aryl methyl sites for hydroxylation is 2. The van der Waals surface area contributed by atoms with Gasteiger partial charge in [-0.15, -0.1) is 0 Å². The smallest absolute Gasteiger partial charge is 0.242 e. The van der Waals surface area contributed by atoms with Crippen molar-refractivity contribution in [3.63, 3.8) is 0 Å². The number of nitrogens with zero attached hydrogens (tertiary/aromatic N) is 1. The third-order valence-corrected chi connectivity index (χ3v) is 6.13. The number of nitrogens with one attached hydrogen (secondary N) is 1. The molecule has 0 aliphatic rings. The molecule has 0 heterocycles. The van der Waals surface area contributed by atoms with Crippen molar-refractivity contribution in [2.45, 2.75) is 65.6 Å². The molecule has 0 radical (unpaired) electrons. The van der Waals surface area contributed by atoms with Gasteiger partial charge in [0.15, 0.2) is 0 Å². The average molecular weight is 431 g/mol. The van der Waals surface area contributed by atoms with Crippen LogP contribution in [0.1, 0.15) is 50.3 Å². The Bertz CT molecular complexity index is 1050. The predicted molar refractivity (Wildman–Crippen MR) is 131 cm³/mol. The summed E-state index contributed by atoms with van der Waals surface area (Å²) < 4.78 is 0. The summed E-state index contributed by atoms with van der Waals surface area (Å²) in [5.41, 5.74) is 3.35. The van der Waals surface area contributed by atoms with Gasteiger partial charge in [0.05, 0.1) is 0 Å². The SMILES string of the molecule is CC[C@@H](C)NC(=O)[C@H](C)N(Cc1ccc(C)cc1)C(=O)CCc1cccc2ccccc12. The molecule has 0 saturated carbocycles. The monoisotopic (exact) mass is 430 g/mol. The number of amides is 2. The second kappa shape index (κ2) is 10.9. The maximum absolute atomic E-state index is 13.4. The number of carbonyl (C=O) groups is 2. The van der Waals surface area contributed by atoms with Crippen molar-refractivity contribution in [1.82, 2.24) is 10.2 Å². The van der Waals surface area contributed by atoms with E-state index in [2.05, 4.69) is 29.6 Å². The Kier molecular flexibility index (Phi) is 8.04. The minimum Gasteiger partial charge on any atom is -0.352 e. The Labute approximate surface area is 191 Å². The van der Waals surface area contributed by atoms with E-state index in [9.17, 15) is 9.59 Å². The molecule has 168 valence electrons. The molecule has 3 aromatic carbocycles. The number of hydrogen-bond acceptors (Lipinski definition) is 2. The maximum atomic E-state index is 13.4. The van der Waals surface area contributed by atoms with Crippen LogP contribution in [0.4, 0.5) is 0 Å². The van der Waals surface area contributed by atoms with E-state index in [4.69, 9.17) is 0 Å². The highest BCUT2D eigenvalue weighted by Gasteiger charge is 2.26. The van der Waals surface area contributed by atoms with Crippen LogP contribution in [0.2, 0.25) is 0 Å². The van der Waals surface area contributed by atoms with Gasteiger partial charge in [-0.2, -0.15) is 0 Å². The van der Waals surface area contributed by atoms with Gasteiger partial charge >= 0.3 is 0 Å². The fraction of sp³-hybridized carbons (Fsp3) is 0.357. The average Bonchev–Trinajstić information content (AvgIpc) is 2.81. The molecule has 2 amide bonds. The number of rotatable bonds is 9. The molecule has 4 nitrogen and oxygen atoms in total. The van der Waals surface area contributed by atoms with Crippen molar-refractivity contribution in [2.75, 3.05) is 0 Å². The number of hydrogen-bond donors (Lipinski definition) is 1. The number of fused-ring (bicyclic) bond motifs is 1. The third kappa shape index (κ3) is 5.97. The Morgan fingerprint density at radius 3 is 2.34 bits per heavy atom. The summed E-state index contributed by atoms with van der Waals surface area (Å²) in [4.78, 5) is 27.9. The molecule has 0 unspecified atom stereocenters. The molecule has 0 bridgehead atoms. The molecule has 0 aliphatic heterocycles. The highest BCUT2D eigenvalue weighted by molar-refractivity contribution is 5.89. The number of benzene rings is 3. The van der Waals surface area contributed by atoms with Gasteiger partial charge in [0.1, 0.15) is 6.04 Å². The van der Waals surface area contributed by atoms with Crippen molar-refractivity contribution >= 4 is 22.6 Å². The van der Waals surface area contributed by atoms with Gasteiger partial charge in [-0.3, -0.25) is 9.59 Å². The molecule has 3 rings (SSSR count). The zero-order valence-corrected chi connectivity index (χ0v) is 19.6. The topological polar surface area (TPSA) is 49.4 Å². The first-order chi connectivity index (χ1) is 15.4. The Hall–Kier alpha value is -3.14.